The van der Waals surface area contributed by atoms with Gasteiger partial charge in [0.2, 0.25) is 0 Å². The van der Waals surface area contributed by atoms with Gasteiger partial charge in [-0.15, -0.1) is 0 Å². The van der Waals surface area contributed by atoms with Gasteiger partial charge in [0.25, 0.3) is 0 Å². The maximum atomic E-state index is 11.0. The summed E-state index contributed by atoms with van der Waals surface area (Å²) in [5.74, 6) is 0.116. The molecule has 2 heterocycles. The minimum Gasteiger partial charge on any atom is -0.469 e. The average molecular weight is 270 g/mol. The summed E-state index contributed by atoms with van der Waals surface area (Å²) in [4.78, 5) is 15.2. The van der Waals surface area contributed by atoms with Crippen LogP contribution in [0.5, 0.6) is 0 Å². The van der Waals surface area contributed by atoms with Crippen LogP contribution in [-0.4, -0.2) is 27.7 Å². The van der Waals surface area contributed by atoms with Crippen molar-refractivity contribution >= 4 is 27.5 Å². The van der Waals surface area contributed by atoms with E-state index in [0.717, 1.165) is 4.47 Å². The average Bonchev–Trinajstić information content (AvgIpc) is 2.59. The fourth-order valence-electron chi connectivity index (χ4n) is 1.18. The molecule has 15 heavy (non-hydrogen) atoms. The van der Waals surface area contributed by atoms with Crippen LogP contribution in [0.1, 0.15) is 5.82 Å². The number of hydrogen-bond donors (Lipinski definition) is 0. The van der Waals surface area contributed by atoms with Crippen molar-refractivity contribution in [3.05, 3.63) is 28.6 Å². The number of halogens is 1. The highest BCUT2D eigenvalue weighted by Crippen LogP contribution is 2.11. The maximum Gasteiger partial charge on any atom is 0.313 e. The molecule has 0 saturated heterocycles. The standard InChI is InChI=1S/C9H8BrN3O2/c1-15-9(14)5-7-11-8-4-6(10)2-3-13(8)12-7/h2-4H,5H2,1H3. The molecule has 2 aromatic heterocycles. The third kappa shape index (κ3) is 2.15. The first-order valence-electron chi connectivity index (χ1n) is 4.26. The van der Waals surface area contributed by atoms with Crippen molar-refractivity contribution in [3.63, 3.8) is 0 Å². The number of aromatic nitrogens is 3. The fraction of sp³-hybridized carbons (Fsp3) is 0.222. The zero-order valence-corrected chi connectivity index (χ0v) is 9.56. The van der Waals surface area contributed by atoms with Gasteiger partial charge in [0.15, 0.2) is 11.5 Å². The first-order chi connectivity index (χ1) is 7.19. The number of hydrogen-bond acceptors (Lipinski definition) is 4. The van der Waals surface area contributed by atoms with Crippen LogP contribution in [-0.2, 0) is 16.0 Å². The Morgan fingerprint density at radius 2 is 2.47 bits per heavy atom. The van der Waals surface area contributed by atoms with Crippen molar-refractivity contribution < 1.29 is 9.53 Å². The molecule has 0 aliphatic heterocycles. The molecule has 0 saturated carbocycles. The summed E-state index contributed by atoms with van der Waals surface area (Å²) in [6.07, 6.45) is 1.86. The summed E-state index contributed by atoms with van der Waals surface area (Å²) in [6.45, 7) is 0. The van der Waals surface area contributed by atoms with Crippen LogP contribution in [0.25, 0.3) is 5.65 Å². The van der Waals surface area contributed by atoms with Gasteiger partial charge in [-0.1, -0.05) is 15.9 Å². The second-order valence-corrected chi connectivity index (χ2v) is 3.84. The Balaban J connectivity index is 2.34. The topological polar surface area (TPSA) is 56.5 Å². The first-order valence-corrected chi connectivity index (χ1v) is 5.06. The largest absolute Gasteiger partial charge is 0.469 e. The third-order valence-electron chi connectivity index (χ3n) is 1.87. The van der Waals surface area contributed by atoms with Crippen molar-refractivity contribution in [2.24, 2.45) is 0 Å². The highest BCUT2D eigenvalue weighted by Gasteiger charge is 2.08. The van der Waals surface area contributed by atoms with Gasteiger partial charge in [-0.05, 0) is 12.1 Å². The molecule has 0 N–H and O–H groups in total. The van der Waals surface area contributed by atoms with Crippen LogP contribution in [0, 0.1) is 0 Å². The van der Waals surface area contributed by atoms with E-state index < -0.39 is 0 Å². The Morgan fingerprint density at radius 1 is 1.67 bits per heavy atom. The van der Waals surface area contributed by atoms with E-state index >= 15 is 0 Å². The molecule has 0 aliphatic carbocycles. The number of ether oxygens (including phenoxy) is 1. The highest BCUT2D eigenvalue weighted by atomic mass is 79.9. The van der Waals surface area contributed by atoms with Crippen LogP contribution in [0.3, 0.4) is 0 Å². The number of fused-ring (bicyclic) bond motifs is 1. The van der Waals surface area contributed by atoms with Crippen LogP contribution in [0.4, 0.5) is 0 Å². The Hall–Kier alpha value is -1.43. The molecular weight excluding hydrogens is 262 g/mol. The molecule has 0 spiro atoms. The quantitative estimate of drug-likeness (QED) is 0.769. The third-order valence-corrected chi connectivity index (χ3v) is 2.37. The van der Waals surface area contributed by atoms with Gasteiger partial charge in [-0.25, -0.2) is 9.50 Å². The Labute approximate surface area is 94.2 Å². The lowest BCUT2D eigenvalue weighted by atomic mass is 10.4. The lowest BCUT2D eigenvalue weighted by Crippen LogP contribution is -2.05. The van der Waals surface area contributed by atoms with Gasteiger partial charge in [0.1, 0.15) is 6.42 Å². The molecule has 0 atom stereocenters. The van der Waals surface area contributed by atoms with E-state index in [4.69, 9.17) is 0 Å². The Bertz CT molecular complexity index is 509. The predicted molar refractivity (Wildman–Crippen MR) is 56.4 cm³/mol. The summed E-state index contributed by atoms with van der Waals surface area (Å²) in [6, 6.07) is 3.68. The molecule has 0 bridgehead atoms. The van der Waals surface area contributed by atoms with Crippen molar-refractivity contribution in [1.82, 2.24) is 14.6 Å². The number of esters is 1. The second-order valence-electron chi connectivity index (χ2n) is 2.93. The van der Waals surface area contributed by atoms with E-state index in [-0.39, 0.29) is 12.4 Å². The van der Waals surface area contributed by atoms with Gasteiger partial charge < -0.3 is 4.74 Å². The number of pyridine rings is 1. The molecular formula is C9H8BrN3O2. The van der Waals surface area contributed by atoms with Gasteiger partial charge in [0, 0.05) is 10.7 Å². The van der Waals surface area contributed by atoms with E-state index in [0.29, 0.717) is 11.5 Å². The van der Waals surface area contributed by atoms with Gasteiger partial charge in [-0.3, -0.25) is 4.79 Å². The molecule has 6 heteroatoms. The van der Waals surface area contributed by atoms with Crippen LogP contribution >= 0.6 is 15.9 Å². The van der Waals surface area contributed by atoms with Crippen LogP contribution < -0.4 is 0 Å². The summed E-state index contributed by atoms with van der Waals surface area (Å²) in [7, 11) is 1.34. The minimum absolute atomic E-state index is 0.0931. The SMILES string of the molecule is COC(=O)Cc1nc2cc(Br)ccn2n1. The molecule has 78 valence electrons. The molecule has 0 radical (unpaired) electrons. The molecule has 0 unspecified atom stereocenters. The van der Waals surface area contributed by atoms with E-state index in [1.165, 1.54) is 7.11 Å². The van der Waals surface area contributed by atoms with Crippen molar-refractivity contribution in [2.75, 3.05) is 7.11 Å². The molecule has 0 aromatic carbocycles. The number of nitrogens with zero attached hydrogens (tertiary/aromatic N) is 3. The number of carbonyl (C=O) groups excluding carboxylic acids is 1. The Kier molecular flexibility index (Phi) is 2.68. The monoisotopic (exact) mass is 269 g/mol. The molecule has 0 amide bonds. The van der Waals surface area contributed by atoms with Crippen molar-refractivity contribution in [3.8, 4) is 0 Å². The lowest BCUT2D eigenvalue weighted by molar-refractivity contribution is -0.139. The summed E-state index contributed by atoms with van der Waals surface area (Å²) in [5.41, 5.74) is 0.697. The summed E-state index contributed by atoms with van der Waals surface area (Å²) >= 11 is 3.33. The lowest BCUT2D eigenvalue weighted by Gasteiger charge is -1.92. The fourth-order valence-corrected chi connectivity index (χ4v) is 1.50. The van der Waals surface area contributed by atoms with Gasteiger partial charge in [0.05, 0.1) is 7.11 Å². The number of methoxy groups -OCH3 is 1. The van der Waals surface area contributed by atoms with Gasteiger partial charge >= 0.3 is 5.97 Å². The zero-order valence-electron chi connectivity index (χ0n) is 7.98. The van der Waals surface area contributed by atoms with Crippen molar-refractivity contribution in [2.45, 2.75) is 6.42 Å². The van der Waals surface area contributed by atoms with E-state index in [1.54, 1.807) is 10.7 Å². The molecule has 5 nitrogen and oxygen atoms in total. The van der Waals surface area contributed by atoms with Gasteiger partial charge in [-0.2, -0.15) is 5.10 Å². The molecule has 2 aromatic rings. The summed E-state index contributed by atoms with van der Waals surface area (Å²) < 4.78 is 7.07. The second kappa shape index (κ2) is 3.98. The van der Waals surface area contributed by atoms with E-state index in [1.807, 2.05) is 12.1 Å². The Morgan fingerprint density at radius 3 is 3.20 bits per heavy atom. The number of rotatable bonds is 2. The van der Waals surface area contributed by atoms with Crippen LogP contribution in [0.15, 0.2) is 22.8 Å². The molecule has 0 fully saturated rings. The summed E-state index contributed by atoms with van der Waals surface area (Å²) in [5, 5.41) is 4.13. The minimum atomic E-state index is -0.343. The van der Waals surface area contributed by atoms with Crippen molar-refractivity contribution in [1.29, 1.82) is 0 Å². The predicted octanol–water partition coefficient (Wildman–Crippen LogP) is 1.21. The highest BCUT2D eigenvalue weighted by molar-refractivity contribution is 9.10. The van der Waals surface area contributed by atoms with E-state index in [9.17, 15) is 4.79 Å². The van der Waals surface area contributed by atoms with E-state index in [2.05, 4.69) is 30.7 Å². The molecule has 2 rings (SSSR count). The van der Waals surface area contributed by atoms with Crippen LogP contribution in [0.2, 0.25) is 0 Å². The smallest absolute Gasteiger partial charge is 0.313 e. The first kappa shape index (κ1) is 10.1. The number of carbonyl (C=O) groups is 1. The molecule has 0 aliphatic rings. The maximum absolute atomic E-state index is 11.0. The zero-order chi connectivity index (χ0) is 10.8. The normalized spacial score (nSPS) is 10.5.